The molecule has 150 valence electrons. The zero-order valence-electron chi connectivity index (χ0n) is 15.3. The minimum atomic E-state index is -3.75. The lowest BCUT2D eigenvalue weighted by atomic mass is 10.2. The molecular formula is C21H19NO6S. The summed E-state index contributed by atoms with van der Waals surface area (Å²) in [4.78, 5) is 11.3. The van der Waals surface area contributed by atoms with Gasteiger partial charge in [0.05, 0.1) is 10.6 Å². The van der Waals surface area contributed by atoms with Crippen molar-refractivity contribution >= 4 is 21.7 Å². The Morgan fingerprint density at radius 3 is 2.03 bits per heavy atom. The third-order valence-electron chi connectivity index (χ3n) is 3.90. The van der Waals surface area contributed by atoms with E-state index in [1.165, 1.54) is 18.2 Å². The second-order valence-electron chi connectivity index (χ2n) is 5.91. The summed E-state index contributed by atoms with van der Waals surface area (Å²) in [5.74, 6) is -0.508. The highest BCUT2D eigenvalue weighted by atomic mass is 32.2. The molecule has 0 aliphatic heterocycles. The summed E-state index contributed by atoms with van der Waals surface area (Å²) in [6, 6.07) is 21.0. The highest BCUT2D eigenvalue weighted by Gasteiger charge is 2.16. The van der Waals surface area contributed by atoms with Crippen LogP contribution in [-0.4, -0.2) is 32.7 Å². The number of hydrogen-bond acceptors (Lipinski definition) is 5. The number of rotatable bonds is 9. The average molecular weight is 413 g/mol. The van der Waals surface area contributed by atoms with Crippen molar-refractivity contribution in [3.63, 3.8) is 0 Å². The zero-order valence-corrected chi connectivity index (χ0v) is 16.1. The Morgan fingerprint density at radius 1 is 0.793 bits per heavy atom. The molecule has 0 aliphatic carbocycles. The maximum Gasteiger partial charge on any atom is 0.339 e. The third-order valence-corrected chi connectivity index (χ3v) is 5.28. The molecule has 29 heavy (non-hydrogen) atoms. The van der Waals surface area contributed by atoms with Gasteiger partial charge in [-0.15, -0.1) is 0 Å². The minimum Gasteiger partial charge on any atom is -0.489 e. The summed E-state index contributed by atoms with van der Waals surface area (Å²) in [5, 5.41) is 9.16. The lowest BCUT2D eigenvalue weighted by Crippen LogP contribution is -2.15. The average Bonchev–Trinajstić information content (AvgIpc) is 2.73. The molecule has 3 aromatic rings. The monoisotopic (exact) mass is 413 g/mol. The number of ether oxygens (including phenoxy) is 2. The highest BCUT2D eigenvalue weighted by molar-refractivity contribution is 7.92. The van der Waals surface area contributed by atoms with Crippen LogP contribution in [0.4, 0.5) is 5.69 Å². The maximum atomic E-state index is 12.5. The van der Waals surface area contributed by atoms with Gasteiger partial charge in [-0.1, -0.05) is 42.5 Å². The first kappa shape index (κ1) is 20.2. The predicted molar refractivity (Wildman–Crippen MR) is 108 cm³/mol. The molecule has 0 unspecified atom stereocenters. The fourth-order valence-electron chi connectivity index (χ4n) is 2.55. The zero-order chi connectivity index (χ0) is 20.7. The van der Waals surface area contributed by atoms with Crippen molar-refractivity contribution in [3.05, 3.63) is 84.4 Å². The first-order valence-electron chi connectivity index (χ1n) is 8.72. The topological polar surface area (TPSA) is 102 Å². The smallest absolute Gasteiger partial charge is 0.339 e. The van der Waals surface area contributed by atoms with E-state index in [9.17, 15) is 13.2 Å². The number of aromatic carboxylic acids is 1. The molecule has 0 fully saturated rings. The van der Waals surface area contributed by atoms with Gasteiger partial charge in [0.25, 0.3) is 10.0 Å². The molecule has 0 spiro atoms. The second kappa shape index (κ2) is 9.11. The van der Waals surface area contributed by atoms with Crippen molar-refractivity contribution < 1.29 is 27.8 Å². The molecule has 0 heterocycles. The van der Waals surface area contributed by atoms with Crippen LogP contribution in [0.25, 0.3) is 0 Å². The van der Waals surface area contributed by atoms with Gasteiger partial charge in [-0.3, -0.25) is 4.72 Å². The van der Waals surface area contributed by atoms with Gasteiger partial charge in [-0.05, 0) is 36.4 Å². The van der Waals surface area contributed by atoms with Crippen LogP contribution in [-0.2, 0) is 10.0 Å². The van der Waals surface area contributed by atoms with Crippen molar-refractivity contribution in [3.8, 4) is 11.5 Å². The summed E-state index contributed by atoms with van der Waals surface area (Å²) in [7, 11) is -3.75. The fraction of sp³-hybridized carbons (Fsp3) is 0.0952. The van der Waals surface area contributed by atoms with E-state index in [2.05, 4.69) is 4.72 Å². The largest absolute Gasteiger partial charge is 0.489 e. The van der Waals surface area contributed by atoms with E-state index >= 15 is 0 Å². The molecule has 0 aliphatic rings. The Bertz CT molecular complexity index is 1080. The first-order chi connectivity index (χ1) is 14.0. The van der Waals surface area contributed by atoms with Crippen LogP contribution in [0.5, 0.6) is 11.5 Å². The van der Waals surface area contributed by atoms with E-state index in [1.54, 1.807) is 60.7 Å². The van der Waals surface area contributed by atoms with Crippen molar-refractivity contribution in [2.45, 2.75) is 4.90 Å². The Hall–Kier alpha value is -3.52. The molecule has 3 aromatic carbocycles. The maximum absolute atomic E-state index is 12.5. The summed E-state index contributed by atoms with van der Waals surface area (Å²) >= 11 is 0. The molecule has 0 saturated carbocycles. The number of sulfonamides is 1. The van der Waals surface area contributed by atoms with Gasteiger partial charge in [-0.2, -0.15) is 0 Å². The Labute approximate surface area is 168 Å². The van der Waals surface area contributed by atoms with E-state index in [0.29, 0.717) is 11.4 Å². The van der Waals surface area contributed by atoms with Crippen LogP contribution >= 0.6 is 0 Å². The lowest BCUT2D eigenvalue weighted by molar-refractivity contribution is 0.0691. The molecule has 8 heteroatoms. The van der Waals surface area contributed by atoms with Crippen molar-refractivity contribution in [2.75, 3.05) is 17.9 Å². The van der Waals surface area contributed by atoms with E-state index in [0.717, 1.165) is 0 Å². The number of carbonyl (C=O) groups is 1. The van der Waals surface area contributed by atoms with Crippen molar-refractivity contribution in [1.29, 1.82) is 0 Å². The Kier molecular flexibility index (Phi) is 6.36. The van der Waals surface area contributed by atoms with E-state index in [1.807, 2.05) is 0 Å². The second-order valence-corrected chi connectivity index (χ2v) is 7.60. The van der Waals surface area contributed by atoms with Crippen LogP contribution in [0, 0.1) is 0 Å². The Balaban J connectivity index is 1.64. The number of para-hydroxylation sites is 3. The standard InChI is InChI=1S/C21H19NO6S/c23-21(24)17-10-4-6-12-19(17)27-14-15-28-20-13-7-5-11-18(20)22-29(25,26)16-8-2-1-3-9-16/h1-13,22H,14-15H2,(H,23,24). The van der Waals surface area contributed by atoms with Gasteiger partial charge < -0.3 is 14.6 Å². The number of carboxylic acids is 1. The molecule has 0 amide bonds. The van der Waals surface area contributed by atoms with E-state index in [-0.39, 0.29) is 29.4 Å². The highest BCUT2D eigenvalue weighted by Crippen LogP contribution is 2.26. The molecule has 3 rings (SSSR count). The number of nitrogens with one attached hydrogen (secondary N) is 1. The molecular weight excluding hydrogens is 394 g/mol. The van der Waals surface area contributed by atoms with Gasteiger partial charge >= 0.3 is 5.97 Å². The SMILES string of the molecule is O=C(O)c1ccccc1OCCOc1ccccc1NS(=O)(=O)c1ccccc1. The number of carboxylic acid groups (broad SMARTS) is 1. The fourth-order valence-corrected chi connectivity index (χ4v) is 3.64. The van der Waals surface area contributed by atoms with Gasteiger partial charge in [0.2, 0.25) is 0 Å². The van der Waals surface area contributed by atoms with Gasteiger partial charge in [0.1, 0.15) is 30.3 Å². The number of hydrogen-bond donors (Lipinski definition) is 2. The molecule has 0 saturated heterocycles. The van der Waals surface area contributed by atoms with E-state index < -0.39 is 16.0 Å². The van der Waals surface area contributed by atoms with Gasteiger partial charge in [0, 0.05) is 0 Å². The minimum absolute atomic E-state index is 0.0588. The molecule has 2 N–H and O–H groups in total. The molecule has 0 bridgehead atoms. The normalized spacial score (nSPS) is 10.9. The third kappa shape index (κ3) is 5.26. The molecule has 0 aromatic heterocycles. The van der Waals surface area contributed by atoms with Crippen molar-refractivity contribution in [2.24, 2.45) is 0 Å². The number of anilines is 1. The first-order valence-corrected chi connectivity index (χ1v) is 10.2. The van der Waals surface area contributed by atoms with Gasteiger partial charge in [-0.25, -0.2) is 13.2 Å². The van der Waals surface area contributed by atoms with Crippen LogP contribution in [0.2, 0.25) is 0 Å². The summed E-state index contributed by atoms with van der Waals surface area (Å²) in [6.45, 7) is 0.183. The van der Waals surface area contributed by atoms with Crippen LogP contribution in [0.15, 0.2) is 83.8 Å². The lowest BCUT2D eigenvalue weighted by Gasteiger charge is -2.14. The van der Waals surface area contributed by atoms with Crippen LogP contribution < -0.4 is 14.2 Å². The van der Waals surface area contributed by atoms with Crippen LogP contribution in [0.1, 0.15) is 10.4 Å². The summed E-state index contributed by atoms with van der Waals surface area (Å²) in [5.41, 5.74) is 0.353. The summed E-state index contributed by atoms with van der Waals surface area (Å²) < 4.78 is 38.7. The van der Waals surface area contributed by atoms with Crippen LogP contribution in [0.3, 0.4) is 0 Å². The molecule has 0 radical (unpaired) electrons. The number of benzene rings is 3. The van der Waals surface area contributed by atoms with E-state index in [4.69, 9.17) is 14.6 Å². The quantitative estimate of drug-likeness (QED) is 0.519. The molecule has 0 atom stereocenters. The van der Waals surface area contributed by atoms with Crippen molar-refractivity contribution in [1.82, 2.24) is 0 Å². The van der Waals surface area contributed by atoms with Gasteiger partial charge in [0.15, 0.2) is 0 Å². The Morgan fingerprint density at radius 2 is 1.34 bits per heavy atom. The molecule has 7 nitrogen and oxygen atoms in total. The summed E-state index contributed by atoms with van der Waals surface area (Å²) in [6.07, 6.45) is 0. The predicted octanol–water partition coefficient (Wildman–Crippen LogP) is 3.64.